The Morgan fingerprint density at radius 1 is 1.33 bits per heavy atom. The maximum Gasteiger partial charge on any atom is 0.136 e. The molecular formula is C17H21N3O. The first kappa shape index (κ1) is 14.0. The predicted octanol–water partition coefficient (Wildman–Crippen LogP) is 2.98. The Kier molecular flexibility index (Phi) is 3.88. The van der Waals surface area contributed by atoms with E-state index in [-0.39, 0.29) is 12.0 Å². The van der Waals surface area contributed by atoms with Crippen LogP contribution in [0.5, 0.6) is 5.75 Å². The van der Waals surface area contributed by atoms with Gasteiger partial charge in [-0.3, -0.25) is 0 Å². The van der Waals surface area contributed by atoms with Gasteiger partial charge in [-0.05, 0) is 33.4 Å². The van der Waals surface area contributed by atoms with Crippen molar-refractivity contribution in [2.75, 3.05) is 13.7 Å². The highest BCUT2D eigenvalue weighted by atomic mass is 16.5. The van der Waals surface area contributed by atoms with Crippen molar-refractivity contribution in [3.8, 4) is 5.75 Å². The smallest absolute Gasteiger partial charge is 0.136 e. The Hall–Kier alpha value is -1.94. The van der Waals surface area contributed by atoms with Crippen LogP contribution in [-0.4, -0.2) is 23.6 Å². The molecule has 1 aromatic heterocycles. The van der Waals surface area contributed by atoms with Crippen LogP contribution in [-0.2, 0) is 0 Å². The monoisotopic (exact) mass is 283 g/mol. The average molecular weight is 283 g/mol. The van der Waals surface area contributed by atoms with E-state index in [0.717, 1.165) is 35.9 Å². The Balaban J connectivity index is 1.97. The molecule has 0 saturated carbocycles. The zero-order chi connectivity index (χ0) is 14.8. The van der Waals surface area contributed by atoms with Crippen molar-refractivity contribution < 1.29 is 4.74 Å². The molecular weight excluding hydrogens is 262 g/mol. The molecule has 1 N–H and O–H groups in total. The van der Waals surface area contributed by atoms with E-state index < -0.39 is 0 Å². The van der Waals surface area contributed by atoms with Crippen LogP contribution in [0.4, 0.5) is 0 Å². The summed E-state index contributed by atoms with van der Waals surface area (Å²) < 4.78 is 5.72. The molecule has 110 valence electrons. The van der Waals surface area contributed by atoms with Gasteiger partial charge in [-0.25, -0.2) is 9.97 Å². The van der Waals surface area contributed by atoms with Crippen LogP contribution in [0, 0.1) is 6.92 Å². The summed E-state index contributed by atoms with van der Waals surface area (Å²) in [5.41, 5.74) is 3.39. The summed E-state index contributed by atoms with van der Waals surface area (Å²) in [6, 6.07) is 8.45. The SMILES string of the molecule is CNC(C)c1cnc(C2CCOc3ccccc32)nc1C. The van der Waals surface area contributed by atoms with Gasteiger partial charge < -0.3 is 10.1 Å². The minimum Gasteiger partial charge on any atom is -0.493 e. The molecule has 2 heterocycles. The molecule has 0 bridgehead atoms. The van der Waals surface area contributed by atoms with Gasteiger partial charge in [0.1, 0.15) is 11.6 Å². The van der Waals surface area contributed by atoms with Crippen LogP contribution in [0.25, 0.3) is 0 Å². The molecule has 2 unspecified atom stereocenters. The average Bonchev–Trinajstić information content (AvgIpc) is 2.53. The lowest BCUT2D eigenvalue weighted by Gasteiger charge is -2.25. The van der Waals surface area contributed by atoms with Gasteiger partial charge in [0.25, 0.3) is 0 Å². The van der Waals surface area contributed by atoms with Crippen molar-refractivity contribution in [2.24, 2.45) is 0 Å². The minimum atomic E-state index is 0.229. The highest BCUT2D eigenvalue weighted by Gasteiger charge is 2.25. The van der Waals surface area contributed by atoms with Crippen molar-refractivity contribution in [3.63, 3.8) is 0 Å². The van der Waals surface area contributed by atoms with Crippen molar-refractivity contribution in [1.82, 2.24) is 15.3 Å². The largest absolute Gasteiger partial charge is 0.493 e. The van der Waals surface area contributed by atoms with Crippen molar-refractivity contribution >= 4 is 0 Å². The fourth-order valence-electron chi connectivity index (χ4n) is 2.85. The molecule has 0 radical (unpaired) electrons. The molecule has 0 saturated heterocycles. The maximum atomic E-state index is 5.72. The van der Waals surface area contributed by atoms with Crippen LogP contribution < -0.4 is 10.1 Å². The van der Waals surface area contributed by atoms with Gasteiger partial charge in [-0.1, -0.05) is 18.2 Å². The summed E-state index contributed by atoms with van der Waals surface area (Å²) in [4.78, 5) is 9.38. The van der Waals surface area contributed by atoms with Crippen LogP contribution in [0.15, 0.2) is 30.5 Å². The summed E-state index contributed by atoms with van der Waals surface area (Å²) >= 11 is 0. The van der Waals surface area contributed by atoms with Crippen molar-refractivity contribution in [1.29, 1.82) is 0 Å². The van der Waals surface area contributed by atoms with Crippen LogP contribution >= 0.6 is 0 Å². The number of fused-ring (bicyclic) bond motifs is 1. The van der Waals surface area contributed by atoms with E-state index in [1.807, 2.05) is 31.4 Å². The molecule has 4 heteroatoms. The number of rotatable bonds is 3. The fraction of sp³-hybridized carbons (Fsp3) is 0.412. The van der Waals surface area contributed by atoms with Crippen LogP contribution in [0.3, 0.4) is 0 Å². The van der Waals surface area contributed by atoms with Gasteiger partial charge in [-0.15, -0.1) is 0 Å². The number of para-hydroxylation sites is 1. The normalized spacial score (nSPS) is 18.7. The van der Waals surface area contributed by atoms with Gasteiger partial charge >= 0.3 is 0 Å². The molecule has 0 aliphatic carbocycles. The zero-order valence-corrected chi connectivity index (χ0v) is 12.8. The molecule has 2 aromatic rings. The molecule has 1 aliphatic heterocycles. The standard InChI is InChI=1S/C17H21N3O/c1-11(18-3)15-10-19-17(20-12(15)2)14-8-9-21-16-7-5-4-6-13(14)16/h4-7,10-11,14,18H,8-9H2,1-3H3. The predicted molar refractivity (Wildman–Crippen MR) is 82.6 cm³/mol. The van der Waals surface area contributed by atoms with Crippen molar-refractivity contribution in [2.45, 2.75) is 32.2 Å². The molecule has 21 heavy (non-hydrogen) atoms. The fourth-order valence-corrected chi connectivity index (χ4v) is 2.85. The third-order valence-corrected chi connectivity index (χ3v) is 4.21. The number of nitrogens with one attached hydrogen (secondary N) is 1. The van der Waals surface area contributed by atoms with E-state index in [1.165, 1.54) is 5.56 Å². The Bertz CT molecular complexity index is 642. The second-order valence-electron chi connectivity index (χ2n) is 5.51. The third-order valence-electron chi connectivity index (χ3n) is 4.21. The molecule has 1 aromatic carbocycles. The third kappa shape index (κ3) is 2.63. The second kappa shape index (κ2) is 5.82. The van der Waals surface area contributed by atoms with Gasteiger partial charge in [-0.2, -0.15) is 0 Å². The van der Waals surface area contributed by atoms with E-state index in [4.69, 9.17) is 9.72 Å². The van der Waals surface area contributed by atoms with E-state index in [1.54, 1.807) is 0 Å². The lowest BCUT2D eigenvalue weighted by atomic mass is 9.92. The quantitative estimate of drug-likeness (QED) is 0.940. The van der Waals surface area contributed by atoms with Gasteiger partial charge in [0.2, 0.25) is 0 Å². The van der Waals surface area contributed by atoms with E-state index >= 15 is 0 Å². The van der Waals surface area contributed by atoms with Gasteiger partial charge in [0, 0.05) is 29.1 Å². The lowest BCUT2D eigenvalue weighted by Crippen LogP contribution is -2.19. The molecule has 0 amide bonds. The Morgan fingerprint density at radius 3 is 2.90 bits per heavy atom. The highest BCUT2D eigenvalue weighted by Crippen LogP contribution is 2.36. The van der Waals surface area contributed by atoms with Crippen LogP contribution in [0.2, 0.25) is 0 Å². The summed E-state index contributed by atoms with van der Waals surface area (Å²) in [5, 5.41) is 3.24. The first-order chi connectivity index (χ1) is 10.2. The lowest BCUT2D eigenvalue weighted by molar-refractivity contribution is 0.274. The summed E-state index contributed by atoms with van der Waals surface area (Å²) in [6.45, 7) is 4.90. The number of nitrogens with zero attached hydrogens (tertiary/aromatic N) is 2. The van der Waals surface area contributed by atoms with Crippen LogP contribution in [0.1, 0.15) is 47.9 Å². The van der Waals surface area contributed by atoms with E-state index in [9.17, 15) is 0 Å². The molecule has 0 fully saturated rings. The number of ether oxygens (including phenoxy) is 1. The number of aryl methyl sites for hydroxylation is 1. The zero-order valence-electron chi connectivity index (χ0n) is 12.8. The summed E-state index contributed by atoms with van der Waals surface area (Å²) in [7, 11) is 1.95. The van der Waals surface area contributed by atoms with Crippen molar-refractivity contribution in [3.05, 3.63) is 53.1 Å². The number of hydrogen-bond acceptors (Lipinski definition) is 4. The number of hydrogen-bond donors (Lipinski definition) is 1. The minimum absolute atomic E-state index is 0.229. The Labute approximate surface area is 125 Å². The first-order valence-corrected chi connectivity index (χ1v) is 7.43. The number of benzene rings is 1. The summed E-state index contributed by atoms with van der Waals surface area (Å²) in [5.74, 6) is 2.09. The molecule has 4 nitrogen and oxygen atoms in total. The first-order valence-electron chi connectivity index (χ1n) is 7.43. The van der Waals surface area contributed by atoms with Gasteiger partial charge in [0.15, 0.2) is 0 Å². The number of aromatic nitrogens is 2. The molecule has 1 aliphatic rings. The second-order valence-corrected chi connectivity index (χ2v) is 5.51. The molecule has 0 spiro atoms. The summed E-state index contributed by atoms with van der Waals surface area (Å²) in [6.07, 6.45) is 2.88. The van der Waals surface area contributed by atoms with E-state index in [2.05, 4.69) is 30.2 Å². The maximum absolute atomic E-state index is 5.72. The topological polar surface area (TPSA) is 47.0 Å². The van der Waals surface area contributed by atoms with E-state index in [0.29, 0.717) is 0 Å². The Morgan fingerprint density at radius 2 is 2.14 bits per heavy atom. The van der Waals surface area contributed by atoms with Gasteiger partial charge in [0.05, 0.1) is 12.5 Å². The molecule has 3 rings (SSSR count). The highest BCUT2D eigenvalue weighted by molar-refractivity contribution is 5.41. The molecule has 2 atom stereocenters.